The summed E-state index contributed by atoms with van der Waals surface area (Å²) in [5.41, 5.74) is 1.52. The van der Waals surface area contributed by atoms with Crippen molar-refractivity contribution in [1.29, 1.82) is 0 Å². The molecule has 0 bridgehead atoms. The minimum Gasteiger partial charge on any atom is -0.497 e. The van der Waals surface area contributed by atoms with Crippen molar-refractivity contribution in [3.8, 4) is 5.75 Å². The van der Waals surface area contributed by atoms with E-state index in [1.807, 2.05) is 91.0 Å². The van der Waals surface area contributed by atoms with E-state index < -0.39 is 23.5 Å². The number of amides is 2. The lowest BCUT2D eigenvalue weighted by molar-refractivity contribution is -0.126. The quantitative estimate of drug-likeness (QED) is 0.377. The van der Waals surface area contributed by atoms with Gasteiger partial charge in [0.1, 0.15) is 17.2 Å². The van der Waals surface area contributed by atoms with Gasteiger partial charge in [-0.2, -0.15) is 0 Å². The van der Waals surface area contributed by atoms with E-state index in [1.165, 1.54) is 4.90 Å². The predicted octanol–water partition coefficient (Wildman–Crippen LogP) is 5.07. The summed E-state index contributed by atoms with van der Waals surface area (Å²) in [4.78, 5) is 36.4. The number of imide groups is 1. The summed E-state index contributed by atoms with van der Waals surface area (Å²) in [5.74, 6) is -0.175. The molecule has 0 aliphatic carbocycles. The van der Waals surface area contributed by atoms with E-state index >= 15 is 0 Å². The first kappa shape index (κ1) is 22.1. The van der Waals surface area contributed by atoms with Crippen molar-refractivity contribution in [2.75, 3.05) is 17.1 Å². The molecule has 2 fully saturated rings. The molecule has 0 aromatic heterocycles. The Morgan fingerprint density at radius 2 is 1.36 bits per heavy atom. The van der Waals surface area contributed by atoms with Crippen LogP contribution in [0.1, 0.15) is 17.2 Å². The molecule has 0 N–H and O–H groups in total. The van der Waals surface area contributed by atoms with Gasteiger partial charge in [0.2, 0.25) is 5.91 Å². The smallest absolute Gasteiger partial charge is 0.267 e. The van der Waals surface area contributed by atoms with Gasteiger partial charge in [0.15, 0.2) is 6.10 Å². The topological polar surface area (TPSA) is 59.1 Å². The molecule has 2 aliphatic rings. The number of hydrogen-bond donors (Lipinski definition) is 0. The van der Waals surface area contributed by atoms with Crippen molar-refractivity contribution in [2.45, 2.75) is 17.6 Å². The number of methoxy groups -OCH3 is 1. The van der Waals surface area contributed by atoms with Gasteiger partial charge < -0.3 is 4.74 Å². The average Bonchev–Trinajstić information content (AvgIpc) is 3.41. The first-order valence-electron chi connectivity index (χ1n) is 11.8. The van der Waals surface area contributed by atoms with Crippen LogP contribution in [0.4, 0.5) is 11.4 Å². The summed E-state index contributed by atoms with van der Waals surface area (Å²) in [7, 11) is 1.55. The predicted molar refractivity (Wildman–Crippen MR) is 137 cm³/mol. The lowest BCUT2D eigenvalue weighted by Crippen LogP contribution is -2.46. The Morgan fingerprint density at radius 1 is 0.750 bits per heavy atom. The van der Waals surface area contributed by atoms with Gasteiger partial charge >= 0.3 is 0 Å². The van der Waals surface area contributed by atoms with Gasteiger partial charge in [-0.1, -0.05) is 84.9 Å². The summed E-state index contributed by atoms with van der Waals surface area (Å²) < 4.78 is 5.37. The van der Waals surface area contributed by atoms with Gasteiger partial charge in [-0.25, -0.2) is 9.96 Å². The Balaban J connectivity index is 1.60. The second-order valence-electron chi connectivity index (χ2n) is 8.88. The van der Waals surface area contributed by atoms with Crippen molar-refractivity contribution in [3.05, 3.63) is 126 Å². The first-order chi connectivity index (χ1) is 17.7. The number of hydroxylamine groups is 1. The number of benzene rings is 4. The minimum absolute atomic E-state index is 0.329. The number of ether oxygens (including phenoxy) is 1. The molecule has 3 atom stereocenters. The molecular weight excluding hydrogens is 452 g/mol. The number of carbonyl (C=O) groups excluding carboxylic acids is 2. The third kappa shape index (κ3) is 3.15. The Morgan fingerprint density at radius 3 is 2.03 bits per heavy atom. The molecule has 36 heavy (non-hydrogen) atoms. The zero-order valence-corrected chi connectivity index (χ0v) is 19.7. The second kappa shape index (κ2) is 8.66. The zero-order chi connectivity index (χ0) is 24.7. The minimum atomic E-state index is -1.31. The maximum atomic E-state index is 14.6. The SMILES string of the molecule is COc1cccc(N2C(=O)[C@@H]3ON(c4ccccc4)[C@H](c4ccccc4)[C@]3(c3ccccc3)C2=O)c1. The third-order valence-electron chi connectivity index (χ3n) is 6.99. The lowest BCUT2D eigenvalue weighted by atomic mass is 9.69. The largest absolute Gasteiger partial charge is 0.497 e. The molecule has 6 heteroatoms. The van der Waals surface area contributed by atoms with E-state index in [2.05, 4.69) is 0 Å². The third-order valence-corrected chi connectivity index (χ3v) is 6.99. The van der Waals surface area contributed by atoms with Gasteiger partial charge in [0.05, 0.1) is 18.5 Å². The standard InChI is InChI=1S/C30H24N2O4/c1-35-25-19-11-18-24(20-25)31-28(33)27-30(29(31)34,22-14-7-3-8-15-22)26(21-12-5-2-6-13-21)32(36-27)23-16-9-4-10-17-23/h2-20,26-27H,1H3/t26-,27+,30+/m1/s1. The molecule has 2 saturated heterocycles. The van der Waals surface area contributed by atoms with E-state index in [0.717, 1.165) is 16.8 Å². The van der Waals surface area contributed by atoms with Crippen LogP contribution in [0.15, 0.2) is 115 Å². The summed E-state index contributed by atoms with van der Waals surface area (Å²) in [6.07, 6.45) is -1.05. The molecule has 4 aromatic rings. The highest BCUT2D eigenvalue weighted by Gasteiger charge is 2.72. The highest BCUT2D eigenvalue weighted by Crippen LogP contribution is 2.57. The molecule has 2 amide bonds. The van der Waals surface area contributed by atoms with E-state index in [1.54, 1.807) is 36.4 Å². The Kier molecular flexibility index (Phi) is 5.31. The summed E-state index contributed by atoms with van der Waals surface area (Å²) in [5, 5.41) is 1.73. The van der Waals surface area contributed by atoms with Crippen molar-refractivity contribution in [2.24, 2.45) is 0 Å². The van der Waals surface area contributed by atoms with Crippen LogP contribution in [0, 0.1) is 0 Å². The molecule has 6 nitrogen and oxygen atoms in total. The maximum Gasteiger partial charge on any atom is 0.267 e. The Hall–Kier alpha value is -4.42. The van der Waals surface area contributed by atoms with Gasteiger partial charge in [0.25, 0.3) is 5.91 Å². The number of carbonyl (C=O) groups is 2. The summed E-state index contributed by atoms with van der Waals surface area (Å²) in [6, 6.07) is 35.2. The highest BCUT2D eigenvalue weighted by molar-refractivity contribution is 6.28. The van der Waals surface area contributed by atoms with Crippen LogP contribution in [-0.4, -0.2) is 25.0 Å². The van der Waals surface area contributed by atoms with Crippen LogP contribution in [0.3, 0.4) is 0 Å². The van der Waals surface area contributed by atoms with Gasteiger partial charge in [0, 0.05) is 6.07 Å². The van der Waals surface area contributed by atoms with Gasteiger partial charge in [-0.05, 0) is 35.4 Å². The molecular formula is C30H24N2O4. The normalized spacial score (nSPS) is 23.1. The van der Waals surface area contributed by atoms with Crippen molar-refractivity contribution in [3.63, 3.8) is 0 Å². The first-order valence-corrected chi connectivity index (χ1v) is 11.8. The molecule has 0 spiro atoms. The molecule has 2 heterocycles. The van der Waals surface area contributed by atoms with Gasteiger partial charge in [-0.15, -0.1) is 0 Å². The number of fused-ring (bicyclic) bond motifs is 1. The van der Waals surface area contributed by atoms with Crippen molar-refractivity contribution >= 4 is 23.2 Å². The molecule has 6 rings (SSSR count). The number of anilines is 2. The average molecular weight is 477 g/mol. The number of nitrogens with zero attached hydrogens (tertiary/aromatic N) is 2. The van der Waals surface area contributed by atoms with E-state index in [9.17, 15) is 9.59 Å². The molecule has 0 radical (unpaired) electrons. The van der Waals surface area contributed by atoms with E-state index in [0.29, 0.717) is 11.4 Å². The lowest BCUT2D eigenvalue weighted by Gasteiger charge is -2.35. The van der Waals surface area contributed by atoms with Crippen molar-refractivity contribution < 1.29 is 19.2 Å². The Labute approximate surface area is 209 Å². The fraction of sp³-hybridized carbons (Fsp3) is 0.133. The fourth-order valence-electron chi connectivity index (χ4n) is 5.42. The summed E-state index contributed by atoms with van der Waals surface area (Å²) >= 11 is 0. The van der Waals surface area contributed by atoms with Crippen LogP contribution in [0.2, 0.25) is 0 Å². The maximum absolute atomic E-state index is 14.6. The number of rotatable bonds is 5. The van der Waals surface area contributed by atoms with Crippen LogP contribution in [-0.2, 0) is 19.8 Å². The zero-order valence-electron chi connectivity index (χ0n) is 19.7. The summed E-state index contributed by atoms with van der Waals surface area (Å²) in [6.45, 7) is 0. The monoisotopic (exact) mass is 476 g/mol. The van der Waals surface area contributed by atoms with Crippen molar-refractivity contribution in [1.82, 2.24) is 0 Å². The van der Waals surface area contributed by atoms with Gasteiger partial charge in [-0.3, -0.25) is 14.4 Å². The highest BCUT2D eigenvalue weighted by atomic mass is 16.7. The molecule has 0 unspecified atom stereocenters. The van der Waals surface area contributed by atoms with Crippen LogP contribution < -0.4 is 14.7 Å². The molecule has 2 aliphatic heterocycles. The van der Waals surface area contributed by atoms with E-state index in [-0.39, 0.29) is 5.91 Å². The molecule has 0 saturated carbocycles. The Bertz CT molecular complexity index is 1410. The number of hydrogen-bond acceptors (Lipinski definition) is 5. The number of para-hydroxylation sites is 1. The van der Waals surface area contributed by atoms with Crippen LogP contribution in [0.25, 0.3) is 0 Å². The molecule has 4 aromatic carbocycles. The van der Waals surface area contributed by atoms with Crippen LogP contribution >= 0.6 is 0 Å². The molecule has 178 valence electrons. The fourth-order valence-corrected chi connectivity index (χ4v) is 5.42. The van der Waals surface area contributed by atoms with Crippen LogP contribution in [0.5, 0.6) is 5.75 Å². The second-order valence-corrected chi connectivity index (χ2v) is 8.88. The van der Waals surface area contributed by atoms with E-state index in [4.69, 9.17) is 9.57 Å².